The van der Waals surface area contributed by atoms with Gasteiger partial charge in [-0.05, 0) is 74.4 Å². The molecule has 3 aliphatic rings. The first-order valence-corrected chi connectivity index (χ1v) is 12.0. The van der Waals surface area contributed by atoms with E-state index in [2.05, 4.69) is 11.4 Å². The number of carbonyl (C=O) groups is 3. The monoisotopic (exact) mass is 480 g/mol. The van der Waals surface area contributed by atoms with Gasteiger partial charge >= 0.3 is 0 Å². The molecule has 1 saturated heterocycles. The fraction of sp³-hybridized carbons (Fsp3) is 0.233. The summed E-state index contributed by atoms with van der Waals surface area (Å²) in [7, 11) is 0. The van der Waals surface area contributed by atoms with Gasteiger partial charge in [0.2, 0.25) is 5.91 Å². The number of carbonyl (C=O) groups excluding carboxylic acids is 3. The summed E-state index contributed by atoms with van der Waals surface area (Å²) >= 11 is 0. The minimum atomic E-state index is -1.33. The number of hydrogen-bond acceptors (Lipinski definition) is 4. The van der Waals surface area contributed by atoms with Gasteiger partial charge in [0.25, 0.3) is 0 Å². The summed E-state index contributed by atoms with van der Waals surface area (Å²) in [5.74, 6) is -2.32. The summed E-state index contributed by atoms with van der Waals surface area (Å²) in [6.45, 7) is 5.48. The van der Waals surface area contributed by atoms with Crippen LogP contribution in [0.2, 0.25) is 0 Å². The number of fused-ring (bicyclic) bond motifs is 6. The van der Waals surface area contributed by atoms with Gasteiger partial charge in [0, 0.05) is 22.5 Å². The summed E-state index contributed by atoms with van der Waals surface area (Å²) in [6, 6.07) is 17.3. The van der Waals surface area contributed by atoms with Crippen molar-refractivity contribution in [2.24, 2.45) is 5.92 Å². The second kappa shape index (κ2) is 7.72. The van der Waals surface area contributed by atoms with Crippen LogP contribution in [-0.4, -0.2) is 29.6 Å². The Hall–Kier alpha value is -4.06. The van der Waals surface area contributed by atoms with E-state index in [4.69, 9.17) is 0 Å². The van der Waals surface area contributed by atoms with Gasteiger partial charge in [-0.2, -0.15) is 0 Å². The topological polar surface area (TPSA) is 66.5 Å². The van der Waals surface area contributed by atoms with Crippen molar-refractivity contribution in [3.05, 3.63) is 101 Å². The third-order valence-electron chi connectivity index (χ3n) is 7.96. The molecule has 0 aliphatic carbocycles. The predicted octanol–water partition coefficient (Wildman–Crippen LogP) is 5.09. The van der Waals surface area contributed by atoms with Gasteiger partial charge in [-0.3, -0.25) is 14.4 Å². The molecule has 1 N–H and O–H groups in total. The molecule has 36 heavy (non-hydrogen) atoms. The van der Waals surface area contributed by atoms with E-state index in [0.717, 1.165) is 22.4 Å². The van der Waals surface area contributed by atoms with Crippen LogP contribution in [0.25, 0.3) is 5.57 Å². The van der Waals surface area contributed by atoms with Gasteiger partial charge < -0.3 is 10.2 Å². The molecule has 0 bridgehead atoms. The molecular formula is C30H25FN2O3. The maximum atomic E-state index is 14.3. The maximum Gasteiger partial charge on any atom is 0.238 e. The Kier molecular flexibility index (Phi) is 4.80. The molecule has 0 unspecified atom stereocenters. The second-order valence-corrected chi connectivity index (χ2v) is 10.00. The van der Waals surface area contributed by atoms with Crippen LogP contribution >= 0.6 is 0 Å². The molecule has 3 aromatic carbocycles. The minimum Gasteiger partial charge on any atom is -0.352 e. The molecule has 4 atom stereocenters. The Bertz CT molecular complexity index is 1490. The predicted molar refractivity (Wildman–Crippen MR) is 137 cm³/mol. The Morgan fingerprint density at radius 3 is 2.44 bits per heavy atom. The highest BCUT2D eigenvalue weighted by Gasteiger charge is 2.70. The highest BCUT2D eigenvalue weighted by atomic mass is 19.1. The van der Waals surface area contributed by atoms with Crippen molar-refractivity contribution in [2.45, 2.75) is 38.3 Å². The number of nitrogens with zero attached hydrogens (tertiary/aromatic N) is 1. The number of benzene rings is 3. The molecule has 0 aromatic heterocycles. The van der Waals surface area contributed by atoms with Crippen LogP contribution in [0.1, 0.15) is 40.9 Å². The first kappa shape index (κ1) is 22.4. The van der Waals surface area contributed by atoms with E-state index in [-0.39, 0.29) is 23.0 Å². The normalized spacial score (nSPS) is 25.7. The molecule has 3 aromatic rings. The van der Waals surface area contributed by atoms with Crippen molar-refractivity contribution < 1.29 is 18.8 Å². The van der Waals surface area contributed by atoms with Gasteiger partial charge in [-0.1, -0.05) is 35.9 Å². The lowest BCUT2D eigenvalue weighted by Crippen LogP contribution is -2.51. The summed E-state index contributed by atoms with van der Waals surface area (Å²) in [6.07, 6.45) is 2.03. The number of ketones is 2. The van der Waals surface area contributed by atoms with Gasteiger partial charge in [0.1, 0.15) is 11.2 Å². The van der Waals surface area contributed by atoms with E-state index in [1.165, 1.54) is 31.2 Å². The van der Waals surface area contributed by atoms with Gasteiger partial charge in [-0.25, -0.2) is 4.39 Å². The molecule has 1 spiro atoms. The molecule has 180 valence electrons. The Morgan fingerprint density at radius 1 is 1.00 bits per heavy atom. The summed E-state index contributed by atoms with van der Waals surface area (Å²) in [5, 5.41) is 3.00. The maximum absolute atomic E-state index is 14.3. The van der Waals surface area contributed by atoms with Crippen LogP contribution in [0, 0.1) is 18.7 Å². The van der Waals surface area contributed by atoms with Crippen molar-refractivity contribution >= 4 is 34.4 Å². The first-order valence-electron chi connectivity index (χ1n) is 12.0. The molecule has 3 heterocycles. The summed E-state index contributed by atoms with van der Waals surface area (Å²) in [4.78, 5) is 43.7. The summed E-state index contributed by atoms with van der Waals surface area (Å²) in [5.41, 5.74) is 4.17. The standard InChI is InChI=1S/C30H25FN2O3/c1-16-8-13-24-21(14-16)17(2)15-25-30(22-6-4-5-7-23(22)32-29(30)36)26(27(18(3)34)33(24)25)28(35)19-9-11-20(31)12-10-19/h4-15,25-27H,1-3H3,(H,32,36)/t25-,26+,27+,30+/m0/s1. The Balaban J connectivity index is 1.68. The van der Waals surface area contributed by atoms with Crippen molar-refractivity contribution in [3.8, 4) is 0 Å². The van der Waals surface area contributed by atoms with Crippen molar-refractivity contribution in [1.82, 2.24) is 0 Å². The molecule has 0 saturated carbocycles. The zero-order chi connectivity index (χ0) is 25.4. The van der Waals surface area contributed by atoms with Crippen molar-refractivity contribution in [1.29, 1.82) is 0 Å². The van der Waals surface area contributed by atoms with Gasteiger partial charge in [0.05, 0.1) is 18.0 Å². The quantitative estimate of drug-likeness (QED) is 0.531. The van der Waals surface area contributed by atoms with Crippen molar-refractivity contribution in [2.75, 3.05) is 10.2 Å². The number of amides is 1. The SMILES string of the molecule is CC(=O)[C@@H]1[C@H](C(=O)c2ccc(F)cc2)[C@]2(C(=O)Nc3ccccc32)[C@@H]2C=C(C)c3cc(C)ccc3N12. The number of Topliss-reactive ketones (excluding diaryl/α,β-unsaturated/α-hetero) is 2. The van der Waals surface area contributed by atoms with Gasteiger partial charge in [-0.15, -0.1) is 0 Å². The third-order valence-corrected chi connectivity index (χ3v) is 7.96. The zero-order valence-corrected chi connectivity index (χ0v) is 20.2. The lowest BCUT2D eigenvalue weighted by molar-refractivity contribution is -0.122. The van der Waals surface area contributed by atoms with Crippen LogP contribution in [-0.2, 0) is 15.0 Å². The first-order chi connectivity index (χ1) is 17.2. The highest BCUT2D eigenvalue weighted by Crippen LogP contribution is 2.58. The number of anilines is 2. The van der Waals surface area contributed by atoms with E-state index in [1.54, 1.807) is 0 Å². The Morgan fingerprint density at radius 2 is 1.72 bits per heavy atom. The van der Waals surface area contributed by atoms with E-state index in [9.17, 15) is 18.8 Å². The zero-order valence-electron chi connectivity index (χ0n) is 20.2. The number of hydrogen-bond donors (Lipinski definition) is 1. The molecule has 1 fully saturated rings. The van der Waals surface area contributed by atoms with E-state index >= 15 is 0 Å². The van der Waals surface area contributed by atoms with Crippen LogP contribution in [0.15, 0.2) is 72.8 Å². The fourth-order valence-corrected chi connectivity index (χ4v) is 6.49. The number of halogens is 1. The lowest BCUT2D eigenvalue weighted by atomic mass is 9.64. The second-order valence-electron chi connectivity index (χ2n) is 10.00. The van der Waals surface area contributed by atoms with Crippen molar-refractivity contribution in [3.63, 3.8) is 0 Å². The van der Waals surface area contributed by atoms with Crippen LogP contribution < -0.4 is 10.2 Å². The van der Waals surface area contributed by atoms with Crippen LogP contribution in [0.4, 0.5) is 15.8 Å². The number of aryl methyl sites for hydroxylation is 1. The molecule has 1 amide bonds. The van der Waals surface area contributed by atoms with E-state index in [1.807, 2.05) is 61.2 Å². The largest absolute Gasteiger partial charge is 0.352 e. The third kappa shape index (κ3) is 2.84. The van der Waals surface area contributed by atoms with Gasteiger partial charge in [0.15, 0.2) is 11.6 Å². The fourth-order valence-electron chi connectivity index (χ4n) is 6.49. The molecular weight excluding hydrogens is 455 g/mol. The average molecular weight is 481 g/mol. The molecule has 5 nitrogen and oxygen atoms in total. The highest BCUT2D eigenvalue weighted by molar-refractivity contribution is 6.16. The van der Waals surface area contributed by atoms with E-state index < -0.39 is 29.2 Å². The molecule has 0 radical (unpaired) electrons. The van der Waals surface area contributed by atoms with Crippen LogP contribution in [0.3, 0.4) is 0 Å². The number of allylic oxidation sites excluding steroid dienone is 1. The minimum absolute atomic E-state index is 0.200. The number of rotatable bonds is 3. The smallest absolute Gasteiger partial charge is 0.238 e. The molecule has 6 heteroatoms. The number of para-hydroxylation sites is 1. The van der Waals surface area contributed by atoms with Crippen LogP contribution in [0.5, 0.6) is 0 Å². The Labute approximate surface area is 208 Å². The lowest BCUT2D eigenvalue weighted by Gasteiger charge is -2.39. The summed E-state index contributed by atoms with van der Waals surface area (Å²) < 4.78 is 13.7. The average Bonchev–Trinajstić information content (AvgIpc) is 3.32. The molecule has 3 aliphatic heterocycles. The van der Waals surface area contributed by atoms with E-state index in [0.29, 0.717) is 11.3 Å². The molecule has 6 rings (SSSR count). The number of nitrogens with one attached hydrogen (secondary N) is 1.